The van der Waals surface area contributed by atoms with Crippen LogP contribution in [0.4, 0.5) is 0 Å². The quantitative estimate of drug-likeness (QED) is 0.345. The molecule has 0 unspecified atom stereocenters. The van der Waals surface area contributed by atoms with Crippen molar-refractivity contribution in [2.45, 2.75) is 0 Å². The van der Waals surface area contributed by atoms with Gasteiger partial charge in [0, 0.05) is 0 Å². The Morgan fingerprint density at radius 3 is 1.60 bits per heavy atom. The van der Waals surface area contributed by atoms with Crippen LogP contribution >= 0.6 is 0 Å². The van der Waals surface area contributed by atoms with Crippen LogP contribution in [0.2, 0.25) is 0 Å². The number of aliphatic carboxylic acids is 2. The van der Waals surface area contributed by atoms with Crippen molar-refractivity contribution in [2.75, 3.05) is 13.1 Å². The summed E-state index contributed by atoms with van der Waals surface area (Å²) >= 11 is 0. The molecule has 0 aromatic heterocycles. The fourth-order valence-corrected chi connectivity index (χ4v) is 0.653. The number of carbonyl (C=O) groups is 3. The molecular formula is C7H7NNa2O5. The molecule has 0 N–H and O–H groups in total. The Bertz CT molecular complexity index is 240. The number of amides is 1. The summed E-state index contributed by atoms with van der Waals surface area (Å²) in [5, 5.41) is 20.1. The van der Waals surface area contributed by atoms with Crippen LogP contribution in [-0.2, 0) is 14.4 Å². The van der Waals surface area contributed by atoms with E-state index in [1.54, 1.807) is 0 Å². The molecule has 15 heavy (non-hydrogen) atoms. The van der Waals surface area contributed by atoms with E-state index in [9.17, 15) is 24.6 Å². The third kappa shape index (κ3) is 10.4. The third-order valence-electron chi connectivity index (χ3n) is 1.13. The van der Waals surface area contributed by atoms with E-state index >= 15 is 0 Å². The summed E-state index contributed by atoms with van der Waals surface area (Å²) in [6, 6.07) is 0. The predicted octanol–water partition coefficient (Wildman–Crippen LogP) is -9.49. The molecule has 0 atom stereocenters. The van der Waals surface area contributed by atoms with Gasteiger partial charge in [0.15, 0.2) is 0 Å². The van der Waals surface area contributed by atoms with Gasteiger partial charge in [-0.15, -0.1) is 0 Å². The standard InChI is InChI=1S/C7H9NO5.2Na/c1-2-5(9)8(3-6(10)11)4-7(12)13;;/h2H,1,3-4H2,(H,10,11)(H,12,13);;/q;2*+1/p-2. The van der Waals surface area contributed by atoms with Crippen LogP contribution in [0.25, 0.3) is 0 Å². The monoisotopic (exact) mass is 231 g/mol. The Kier molecular flexibility index (Phi) is 14.6. The predicted molar refractivity (Wildman–Crippen MR) is 36.8 cm³/mol. The number of hydrogen-bond donors (Lipinski definition) is 0. The SMILES string of the molecule is C=CC(=O)N(CC(=O)[O-])CC(=O)[O-].[Na+].[Na+]. The molecule has 8 heteroatoms. The molecule has 0 saturated carbocycles. The van der Waals surface area contributed by atoms with E-state index in [2.05, 4.69) is 6.58 Å². The molecule has 0 bridgehead atoms. The van der Waals surface area contributed by atoms with E-state index < -0.39 is 30.9 Å². The maximum Gasteiger partial charge on any atom is 1.00 e. The first-order valence-corrected chi connectivity index (χ1v) is 3.28. The van der Waals surface area contributed by atoms with Gasteiger partial charge in [0.1, 0.15) is 0 Å². The van der Waals surface area contributed by atoms with Crippen LogP contribution in [0.1, 0.15) is 0 Å². The van der Waals surface area contributed by atoms with Gasteiger partial charge in [0.05, 0.1) is 25.0 Å². The van der Waals surface area contributed by atoms with Crippen LogP contribution in [0, 0.1) is 0 Å². The minimum Gasteiger partial charge on any atom is -0.548 e. The van der Waals surface area contributed by atoms with Crippen molar-refractivity contribution >= 4 is 17.8 Å². The average molecular weight is 231 g/mol. The van der Waals surface area contributed by atoms with Crippen molar-refractivity contribution < 1.29 is 83.7 Å². The van der Waals surface area contributed by atoms with E-state index in [0.717, 1.165) is 6.08 Å². The normalized spacial score (nSPS) is 7.73. The molecule has 0 heterocycles. The van der Waals surface area contributed by atoms with Crippen LogP contribution in [0.15, 0.2) is 12.7 Å². The van der Waals surface area contributed by atoms with Gasteiger partial charge in [0.2, 0.25) is 5.91 Å². The van der Waals surface area contributed by atoms with Crippen LogP contribution in [-0.4, -0.2) is 35.8 Å². The van der Waals surface area contributed by atoms with Gasteiger partial charge in [-0.25, -0.2) is 0 Å². The topological polar surface area (TPSA) is 101 Å². The van der Waals surface area contributed by atoms with Gasteiger partial charge in [-0.05, 0) is 6.08 Å². The molecule has 0 spiro atoms. The first-order chi connectivity index (χ1) is 5.97. The van der Waals surface area contributed by atoms with E-state index in [1.807, 2.05) is 0 Å². The smallest absolute Gasteiger partial charge is 0.548 e. The molecule has 0 radical (unpaired) electrons. The zero-order chi connectivity index (χ0) is 10.4. The number of carboxylic acids is 2. The third-order valence-corrected chi connectivity index (χ3v) is 1.13. The maximum absolute atomic E-state index is 10.8. The second-order valence-corrected chi connectivity index (χ2v) is 2.14. The fraction of sp³-hybridized carbons (Fsp3) is 0.286. The van der Waals surface area contributed by atoms with Gasteiger partial charge >= 0.3 is 59.1 Å². The molecule has 0 aromatic rings. The first-order valence-electron chi connectivity index (χ1n) is 3.28. The second-order valence-electron chi connectivity index (χ2n) is 2.14. The molecule has 0 aliphatic heterocycles. The van der Waals surface area contributed by atoms with Crippen LogP contribution in [0.3, 0.4) is 0 Å². The van der Waals surface area contributed by atoms with Gasteiger partial charge in [-0.2, -0.15) is 0 Å². The van der Waals surface area contributed by atoms with Crippen LogP contribution in [0.5, 0.6) is 0 Å². The van der Waals surface area contributed by atoms with Gasteiger partial charge in [-0.1, -0.05) is 6.58 Å². The molecule has 72 valence electrons. The van der Waals surface area contributed by atoms with Gasteiger partial charge in [-0.3, -0.25) is 4.79 Å². The largest absolute Gasteiger partial charge is 1.00 e. The molecule has 6 nitrogen and oxygen atoms in total. The summed E-state index contributed by atoms with van der Waals surface area (Å²) < 4.78 is 0. The summed E-state index contributed by atoms with van der Waals surface area (Å²) in [6.45, 7) is 1.49. The summed E-state index contributed by atoms with van der Waals surface area (Å²) in [5.74, 6) is -3.89. The number of carboxylic acid groups (broad SMARTS) is 2. The molecular weight excluding hydrogens is 224 g/mol. The molecule has 0 aromatic carbocycles. The van der Waals surface area contributed by atoms with Crippen molar-refractivity contribution in [1.29, 1.82) is 0 Å². The minimum atomic E-state index is -1.54. The fourth-order valence-electron chi connectivity index (χ4n) is 0.653. The average Bonchev–Trinajstić information content (AvgIpc) is 2.00. The molecule has 0 aliphatic carbocycles. The zero-order valence-corrected chi connectivity index (χ0v) is 12.7. The van der Waals surface area contributed by atoms with E-state index in [1.165, 1.54) is 0 Å². The van der Waals surface area contributed by atoms with Crippen molar-refractivity contribution in [2.24, 2.45) is 0 Å². The number of nitrogens with zero attached hydrogens (tertiary/aromatic N) is 1. The van der Waals surface area contributed by atoms with Crippen molar-refractivity contribution in [3.8, 4) is 0 Å². The Balaban J connectivity index is -0.000000720. The van der Waals surface area contributed by atoms with Crippen molar-refractivity contribution in [3.05, 3.63) is 12.7 Å². The zero-order valence-electron chi connectivity index (χ0n) is 8.69. The number of carbonyl (C=O) groups excluding carboxylic acids is 3. The van der Waals surface area contributed by atoms with Crippen molar-refractivity contribution in [3.63, 3.8) is 0 Å². The van der Waals surface area contributed by atoms with Gasteiger partial charge in [0.25, 0.3) is 0 Å². The van der Waals surface area contributed by atoms with Gasteiger partial charge < -0.3 is 24.7 Å². The molecule has 0 rings (SSSR count). The number of rotatable bonds is 5. The van der Waals surface area contributed by atoms with Crippen molar-refractivity contribution in [1.82, 2.24) is 4.90 Å². The molecule has 0 fully saturated rings. The maximum atomic E-state index is 10.8. The summed E-state index contributed by atoms with van der Waals surface area (Å²) in [4.78, 5) is 31.5. The summed E-state index contributed by atoms with van der Waals surface area (Å²) in [6.07, 6.45) is 0.811. The van der Waals surface area contributed by atoms with E-state index in [0.29, 0.717) is 4.90 Å². The molecule has 0 aliphatic rings. The Labute approximate surface area is 131 Å². The Morgan fingerprint density at radius 1 is 1.07 bits per heavy atom. The molecule has 1 amide bonds. The summed E-state index contributed by atoms with van der Waals surface area (Å²) in [7, 11) is 0. The first kappa shape index (κ1) is 20.5. The number of hydrogen-bond acceptors (Lipinski definition) is 5. The van der Waals surface area contributed by atoms with Crippen LogP contribution < -0.4 is 69.3 Å². The van der Waals surface area contributed by atoms with E-state index in [-0.39, 0.29) is 59.1 Å². The molecule has 0 saturated heterocycles. The Hall–Kier alpha value is 0.150. The second kappa shape index (κ2) is 10.7. The van der Waals surface area contributed by atoms with E-state index in [4.69, 9.17) is 0 Å². The minimum absolute atomic E-state index is 0. The Morgan fingerprint density at radius 2 is 1.40 bits per heavy atom. The summed E-state index contributed by atoms with van der Waals surface area (Å²) in [5.41, 5.74) is 0.